The predicted octanol–water partition coefficient (Wildman–Crippen LogP) is -0.257. The van der Waals surface area contributed by atoms with Gasteiger partial charge in [0.25, 0.3) is 0 Å². The lowest BCUT2D eigenvalue weighted by Gasteiger charge is -2.36. The van der Waals surface area contributed by atoms with E-state index in [0.29, 0.717) is 6.42 Å². The van der Waals surface area contributed by atoms with Crippen molar-refractivity contribution >= 4 is 5.91 Å². The summed E-state index contributed by atoms with van der Waals surface area (Å²) in [5, 5.41) is 0. The van der Waals surface area contributed by atoms with Crippen molar-refractivity contribution in [2.75, 3.05) is 0 Å². The van der Waals surface area contributed by atoms with Crippen molar-refractivity contribution < 1.29 is 4.79 Å². The van der Waals surface area contributed by atoms with Crippen LogP contribution in [0.2, 0.25) is 0 Å². The molecule has 0 unspecified atom stereocenters. The third-order valence-corrected chi connectivity index (χ3v) is 1.88. The molecule has 0 spiro atoms. The molecule has 52 valence electrons. The molecule has 1 fully saturated rings. The van der Waals surface area contributed by atoms with E-state index in [0.717, 1.165) is 19.3 Å². The zero-order valence-electron chi connectivity index (χ0n) is 5.39. The highest BCUT2D eigenvalue weighted by Crippen LogP contribution is 2.31. The summed E-state index contributed by atoms with van der Waals surface area (Å²) in [5.74, 6) is -0.280. The van der Waals surface area contributed by atoms with Crippen molar-refractivity contribution in [3.63, 3.8) is 0 Å². The topological polar surface area (TPSA) is 69.1 Å². The molecule has 4 N–H and O–H groups in total. The SMILES string of the molecule is NC(=O)CC1(N)CCC1. The third-order valence-electron chi connectivity index (χ3n) is 1.88. The van der Waals surface area contributed by atoms with E-state index < -0.39 is 0 Å². The molecule has 0 bridgehead atoms. The maximum Gasteiger partial charge on any atom is 0.219 e. The molecule has 9 heavy (non-hydrogen) atoms. The molecular weight excluding hydrogens is 116 g/mol. The fraction of sp³-hybridized carbons (Fsp3) is 0.833. The second kappa shape index (κ2) is 1.99. The highest BCUT2D eigenvalue weighted by Gasteiger charge is 2.33. The Balaban J connectivity index is 2.33. The van der Waals surface area contributed by atoms with Crippen LogP contribution >= 0.6 is 0 Å². The molecule has 1 aliphatic rings. The number of primary amides is 1. The lowest BCUT2D eigenvalue weighted by atomic mass is 9.75. The molecule has 0 atom stereocenters. The average molecular weight is 128 g/mol. The van der Waals surface area contributed by atoms with E-state index in [1.54, 1.807) is 0 Å². The number of hydrogen-bond acceptors (Lipinski definition) is 2. The maximum atomic E-state index is 10.3. The van der Waals surface area contributed by atoms with E-state index in [9.17, 15) is 4.79 Å². The van der Waals surface area contributed by atoms with E-state index in [-0.39, 0.29) is 11.4 Å². The molecule has 0 aromatic carbocycles. The van der Waals surface area contributed by atoms with Gasteiger partial charge in [0.1, 0.15) is 0 Å². The Morgan fingerprint density at radius 1 is 1.56 bits per heavy atom. The summed E-state index contributed by atoms with van der Waals surface area (Å²) < 4.78 is 0. The van der Waals surface area contributed by atoms with E-state index in [4.69, 9.17) is 11.5 Å². The van der Waals surface area contributed by atoms with Gasteiger partial charge in [-0.1, -0.05) is 0 Å². The summed E-state index contributed by atoms with van der Waals surface area (Å²) in [6.45, 7) is 0. The van der Waals surface area contributed by atoms with Crippen LogP contribution in [-0.4, -0.2) is 11.4 Å². The lowest BCUT2D eigenvalue weighted by molar-refractivity contribution is -0.119. The Hall–Kier alpha value is -0.570. The van der Waals surface area contributed by atoms with Gasteiger partial charge in [-0.25, -0.2) is 0 Å². The quantitative estimate of drug-likeness (QED) is 0.538. The molecular formula is C6H12N2O. The van der Waals surface area contributed by atoms with Gasteiger partial charge in [0.2, 0.25) is 5.91 Å². The van der Waals surface area contributed by atoms with Crippen LogP contribution in [-0.2, 0) is 4.79 Å². The van der Waals surface area contributed by atoms with Gasteiger partial charge < -0.3 is 11.5 Å². The third kappa shape index (κ3) is 1.42. The van der Waals surface area contributed by atoms with Crippen LogP contribution in [0.3, 0.4) is 0 Å². The largest absolute Gasteiger partial charge is 0.370 e. The highest BCUT2D eigenvalue weighted by atomic mass is 16.1. The van der Waals surface area contributed by atoms with Crippen molar-refractivity contribution in [3.8, 4) is 0 Å². The first-order chi connectivity index (χ1) is 4.12. The van der Waals surface area contributed by atoms with Crippen molar-refractivity contribution in [2.24, 2.45) is 11.5 Å². The van der Waals surface area contributed by atoms with Gasteiger partial charge in [-0.3, -0.25) is 4.79 Å². The monoisotopic (exact) mass is 128 g/mol. The number of hydrogen-bond donors (Lipinski definition) is 2. The van der Waals surface area contributed by atoms with Gasteiger partial charge in [0.05, 0.1) is 0 Å². The standard InChI is InChI=1S/C6H12N2O/c7-5(9)4-6(8)2-1-3-6/h1-4,8H2,(H2,7,9). The van der Waals surface area contributed by atoms with Gasteiger partial charge in [0, 0.05) is 12.0 Å². The molecule has 1 saturated carbocycles. The van der Waals surface area contributed by atoms with Gasteiger partial charge in [-0.2, -0.15) is 0 Å². The second-order valence-corrected chi connectivity index (χ2v) is 2.86. The van der Waals surface area contributed by atoms with Crippen molar-refractivity contribution in [2.45, 2.75) is 31.2 Å². The van der Waals surface area contributed by atoms with Crippen LogP contribution in [0, 0.1) is 0 Å². The number of rotatable bonds is 2. The van der Waals surface area contributed by atoms with Gasteiger partial charge in [-0.15, -0.1) is 0 Å². The zero-order chi connectivity index (χ0) is 6.91. The first-order valence-electron chi connectivity index (χ1n) is 3.20. The minimum Gasteiger partial charge on any atom is -0.370 e. The Morgan fingerprint density at radius 3 is 2.22 bits per heavy atom. The minimum absolute atomic E-state index is 0.230. The van der Waals surface area contributed by atoms with E-state index in [1.807, 2.05) is 0 Å². The van der Waals surface area contributed by atoms with Crippen LogP contribution in [0.25, 0.3) is 0 Å². The zero-order valence-corrected chi connectivity index (χ0v) is 5.39. The molecule has 0 aliphatic heterocycles. The predicted molar refractivity (Wildman–Crippen MR) is 34.6 cm³/mol. The van der Waals surface area contributed by atoms with E-state index in [2.05, 4.69) is 0 Å². The van der Waals surface area contributed by atoms with Crippen LogP contribution < -0.4 is 11.5 Å². The Bertz CT molecular complexity index is 129. The normalized spacial score (nSPS) is 22.8. The van der Waals surface area contributed by atoms with E-state index >= 15 is 0 Å². The number of carbonyl (C=O) groups is 1. The Kier molecular flexibility index (Phi) is 1.45. The molecule has 0 radical (unpaired) electrons. The Labute approximate surface area is 54.4 Å². The molecule has 0 aromatic heterocycles. The van der Waals surface area contributed by atoms with Crippen LogP contribution in [0.15, 0.2) is 0 Å². The summed E-state index contributed by atoms with van der Waals surface area (Å²) in [6.07, 6.45) is 3.41. The van der Waals surface area contributed by atoms with Crippen molar-refractivity contribution in [3.05, 3.63) is 0 Å². The molecule has 0 saturated heterocycles. The fourth-order valence-electron chi connectivity index (χ4n) is 1.15. The highest BCUT2D eigenvalue weighted by molar-refractivity contribution is 5.75. The molecule has 3 nitrogen and oxygen atoms in total. The van der Waals surface area contributed by atoms with Crippen molar-refractivity contribution in [1.29, 1.82) is 0 Å². The maximum absolute atomic E-state index is 10.3. The number of carbonyl (C=O) groups excluding carboxylic acids is 1. The Morgan fingerprint density at radius 2 is 2.11 bits per heavy atom. The second-order valence-electron chi connectivity index (χ2n) is 2.86. The van der Waals surface area contributed by atoms with Gasteiger partial charge in [0.15, 0.2) is 0 Å². The van der Waals surface area contributed by atoms with Crippen LogP contribution in [0.5, 0.6) is 0 Å². The summed E-state index contributed by atoms with van der Waals surface area (Å²) in [5.41, 5.74) is 10.4. The molecule has 0 heterocycles. The molecule has 1 aliphatic carbocycles. The summed E-state index contributed by atoms with van der Waals surface area (Å²) in [4.78, 5) is 10.3. The molecule has 1 rings (SSSR count). The minimum atomic E-state index is -0.280. The molecule has 1 amide bonds. The number of amides is 1. The number of nitrogens with two attached hydrogens (primary N) is 2. The van der Waals surface area contributed by atoms with Crippen molar-refractivity contribution in [1.82, 2.24) is 0 Å². The van der Waals surface area contributed by atoms with Gasteiger partial charge >= 0.3 is 0 Å². The van der Waals surface area contributed by atoms with Crippen LogP contribution in [0.1, 0.15) is 25.7 Å². The molecule has 0 aromatic rings. The van der Waals surface area contributed by atoms with E-state index in [1.165, 1.54) is 0 Å². The summed E-state index contributed by atoms with van der Waals surface area (Å²) >= 11 is 0. The first-order valence-corrected chi connectivity index (χ1v) is 3.20. The average Bonchev–Trinajstić information content (AvgIpc) is 1.60. The van der Waals surface area contributed by atoms with Crippen LogP contribution in [0.4, 0.5) is 0 Å². The lowest BCUT2D eigenvalue weighted by Crippen LogP contribution is -2.49. The molecule has 3 heteroatoms. The van der Waals surface area contributed by atoms with Gasteiger partial charge in [-0.05, 0) is 19.3 Å². The summed E-state index contributed by atoms with van der Waals surface area (Å²) in [7, 11) is 0. The fourth-order valence-corrected chi connectivity index (χ4v) is 1.15. The smallest absolute Gasteiger partial charge is 0.219 e. The summed E-state index contributed by atoms with van der Waals surface area (Å²) in [6, 6.07) is 0. The first kappa shape index (κ1) is 6.55.